The second-order valence-electron chi connectivity index (χ2n) is 2.68. The highest BCUT2D eigenvalue weighted by Gasteiger charge is 1.88. The van der Waals surface area contributed by atoms with Crippen molar-refractivity contribution in [3.63, 3.8) is 0 Å². The van der Waals surface area contributed by atoms with Crippen LogP contribution in [0.4, 0.5) is 0 Å². The number of hydrogen-bond acceptors (Lipinski definition) is 3. The first-order valence-corrected chi connectivity index (χ1v) is 1.97. The Morgan fingerprint density at radius 3 is 1.00 bits per heavy atom. The molecule has 4 heteroatoms. The standard InChI is InChI=1S/C4H12N.H3N.H2O2/c1-5(2,3)4;;1-2/h1-4H3;1H3;1-2H/q+1;;/p-1. The van der Waals surface area contributed by atoms with Gasteiger partial charge in [-0.2, -0.15) is 0 Å². The minimum absolute atomic E-state index is 0. The summed E-state index contributed by atoms with van der Waals surface area (Å²) in [5.41, 5.74) is 0. The van der Waals surface area contributed by atoms with E-state index in [4.69, 9.17) is 10.5 Å². The highest BCUT2D eigenvalue weighted by molar-refractivity contribution is 3.87. The zero-order chi connectivity index (χ0) is 6.50. The molecule has 0 amide bonds. The lowest BCUT2D eigenvalue weighted by atomic mass is 10.8. The Morgan fingerprint density at radius 2 is 1.00 bits per heavy atom. The van der Waals surface area contributed by atoms with Crippen molar-refractivity contribution in [1.82, 2.24) is 6.15 Å². The summed E-state index contributed by atoms with van der Waals surface area (Å²) in [4.78, 5) is 0. The molecule has 0 spiro atoms. The molecule has 0 fully saturated rings. The van der Waals surface area contributed by atoms with E-state index < -0.39 is 0 Å². The fourth-order valence-electron chi connectivity index (χ4n) is 0. The SMILES string of the molecule is C[N+](C)(C)C.N.[O-]O. The van der Waals surface area contributed by atoms with E-state index in [9.17, 15) is 0 Å². The molecule has 0 saturated heterocycles. The Labute approximate surface area is 50.5 Å². The van der Waals surface area contributed by atoms with Crippen molar-refractivity contribution in [2.75, 3.05) is 28.2 Å². The van der Waals surface area contributed by atoms with Gasteiger partial charge in [0.1, 0.15) is 0 Å². The van der Waals surface area contributed by atoms with Crippen molar-refractivity contribution in [3.05, 3.63) is 0 Å². The minimum atomic E-state index is 0. The highest BCUT2D eigenvalue weighted by atomic mass is 17.0. The Morgan fingerprint density at radius 1 is 1.00 bits per heavy atom. The van der Waals surface area contributed by atoms with Gasteiger partial charge < -0.3 is 21.1 Å². The first-order chi connectivity index (χ1) is 3.00. The highest BCUT2D eigenvalue weighted by Crippen LogP contribution is 1.73. The molecular formula is C4H16N2O2. The number of nitrogens with zero attached hydrogens (tertiary/aromatic N) is 1. The van der Waals surface area contributed by atoms with Crippen LogP contribution in [0.5, 0.6) is 0 Å². The summed E-state index contributed by atoms with van der Waals surface area (Å²) >= 11 is 0. The third-order valence-electron chi connectivity index (χ3n) is 0. The molecule has 0 aliphatic carbocycles. The Kier molecular flexibility index (Phi) is 13.4. The zero-order valence-electron chi connectivity index (χ0n) is 6.01. The Balaban J connectivity index is -0.0000000750. The number of hydrogen-bond donors (Lipinski definition) is 2. The van der Waals surface area contributed by atoms with Crippen LogP contribution in [0.1, 0.15) is 0 Å². The van der Waals surface area contributed by atoms with Crippen LogP contribution in [0.2, 0.25) is 0 Å². The molecule has 0 heterocycles. The lowest BCUT2D eigenvalue weighted by Gasteiger charge is -2.14. The van der Waals surface area contributed by atoms with Gasteiger partial charge in [0, 0.05) is 0 Å². The van der Waals surface area contributed by atoms with Crippen LogP contribution in [0.25, 0.3) is 0 Å². The zero-order valence-corrected chi connectivity index (χ0v) is 6.01. The van der Waals surface area contributed by atoms with Crippen molar-refractivity contribution < 1.29 is 15.0 Å². The molecule has 8 heavy (non-hydrogen) atoms. The average Bonchev–Trinajstić information content (AvgIpc) is 1.36. The normalized spacial score (nSPS) is 8.25. The van der Waals surface area contributed by atoms with Crippen molar-refractivity contribution >= 4 is 0 Å². The van der Waals surface area contributed by atoms with Gasteiger partial charge in [-0.15, -0.1) is 0 Å². The maximum atomic E-state index is 7.25. The molecule has 0 unspecified atom stereocenters. The number of quaternary nitrogens is 1. The van der Waals surface area contributed by atoms with Crippen LogP contribution >= 0.6 is 0 Å². The molecule has 0 aliphatic rings. The molecule has 0 aromatic heterocycles. The van der Waals surface area contributed by atoms with Gasteiger partial charge >= 0.3 is 0 Å². The molecule has 0 aromatic carbocycles. The first kappa shape index (κ1) is 15.7. The van der Waals surface area contributed by atoms with Gasteiger partial charge in [-0.05, 0) is 0 Å². The largest absolute Gasteiger partial charge is 0.727 e. The van der Waals surface area contributed by atoms with Gasteiger partial charge in [0.05, 0.1) is 28.2 Å². The Bertz CT molecular complexity index is 27.5. The van der Waals surface area contributed by atoms with Gasteiger partial charge in [-0.1, -0.05) is 0 Å². The monoisotopic (exact) mass is 124 g/mol. The molecule has 4 N–H and O–H groups in total. The summed E-state index contributed by atoms with van der Waals surface area (Å²) in [5.74, 6) is 0. The van der Waals surface area contributed by atoms with Crippen molar-refractivity contribution in [2.24, 2.45) is 0 Å². The van der Waals surface area contributed by atoms with E-state index in [-0.39, 0.29) is 6.15 Å². The van der Waals surface area contributed by atoms with Crippen molar-refractivity contribution in [2.45, 2.75) is 0 Å². The summed E-state index contributed by atoms with van der Waals surface area (Å²) in [6.45, 7) is 0. The molecule has 0 rings (SSSR count). The summed E-state index contributed by atoms with van der Waals surface area (Å²) in [6.07, 6.45) is 0. The topological polar surface area (TPSA) is 78.3 Å². The van der Waals surface area contributed by atoms with E-state index in [0.29, 0.717) is 0 Å². The summed E-state index contributed by atoms with van der Waals surface area (Å²) < 4.78 is 1.00. The van der Waals surface area contributed by atoms with Crippen LogP contribution < -0.4 is 11.4 Å². The lowest BCUT2D eigenvalue weighted by Crippen LogP contribution is -2.27. The molecule has 0 saturated carbocycles. The quantitative estimate of drug-likeness (QED) is 0.255. The van der Waals surface area contributed by atoms with E-state index in [1.54, 1.807) is 0 Å². The third kappa shape index (κ3) is 5340. The van der Waals surface area contributed by atoms with Crippen LogP contribution in [0.15, 0.2) is 0 Å². The second-order valence-corrected chi connectivity index (χ2v) is 2.68. The van der Waals surface area contributed by atoms with E-state index in [2.05, 4.69) is 28.2 Å². The molecule has 0 atom stereocenters. The van der Waals surface area contributed by atoms with Crippen LogP contribution in [-0.2, 0) is 0 Å². The van der Waals surface area contributed by atoms with E-state index in [1.807, 2.05) is 0 Å². The fourth-order valence-corrected chi connectivity index (χ4v) is 0. The van der Waals surface area contributed by atoms with Gasteiger partial charge in [0.2, 0.25) is 0 Å². The molecule has 54 valence electrons. The van der Waals surface area contributed by atoms with E-state index in [0.717, 1.165) is 4.48 Å². The van der Waals surface area contributed by atoms with Crippen molar-refractivity contribution in [3.8, 4) is 0 Å². The molecule has 0 bridgehead atoms. The summed E-state index contributed by atoms with van der Waals surface area (Å²) in [7, 11) is 8.50. The average molecular weight is 124 g/mol. The first-order valence-electron chi connectivity index (χ1n) is 1.97. The summed E-state index contributed by atoms with van der Waals surface area (Å²) in [6, 6.07) is 0. The van der Waals surface area contributed by atoms with Crippen LogP contribution in [-0.4, -0.2) is 37.9 Å². The maximum Gasteiger partial charge on any atom is 0.0675 e. The van der Waals surface area contributed by atoms with E-state index >= 15 is 0 Å². The Hall–Kier alpha value is -0.160. The van der Waals surface area contributed by atoms with Gasteiger partial charge in [-0.3, -0.25) is 0 Å². The predicted molar refractivity (Wildman–Crippen MR) is 31.6 cm³/mol. The van der Waals surface area contributed by atoms with Gasteiger partial charge in [0.25, 0.3) is 0 Å². The van der Waals surface area contributed by atoms with Crippen LogP contribution in [0.3, 0.4) is 0 Å². The molecular weight excluding hydrogens is 108 g/mol. The van der Waals surface area contributed by atoms with Gasteiger partial charge in [-0.25, -0.2) is 0 Å². The van der Waals surface area contributed by atoms with E-state index in [1.165, 1.54) is 0 Å². The lowest BCUT2D eigenvalue weighted by molar-refractivity contribution is -0.849. The predicted octanol–water partition coefficient (Wildman–Crippen LogP) is -0.696. The fraction of sp³-hybridized carbons (Fsp3) is 1.00. The molecule has 0 aromatic rings. The minimum Gasteiger partial charge on any atom is -0.727 e. The maximum absolute atomic E-state index is 7.25. The number of rotatable bonds is 0. The van der Waals surface area contributed by atoms with Gasteiger partial charge in [0.15, 0.2) is 0 Å². The second kappa shape index (κ2) is 6.84. The van der Waals surface area contributed by atoms with Crippen LogP contribution in [0, 0.1) is 0 Å². The third-order valence-corrected chi connectivity index (χ3v) is 0. The summed E-state index contributed by atoms with van der Waals surface area (Å²) in [5, 5.41) is 13.0. The molecule has 4 nitrogen and oxygen atoms in total. The molecule has 0 radical (unpaired) electrons. The molecule has 0 aliphatic heterocycles. The smallest absolute Gasteiger partial charge is 0.0675 e. The van der Waals surface area contributed by atoms with Crippen molar-refractivity contribution in [1.29, 1.82) is 0 Å².